The Morgan fingerprint density at radius 1 is 1.14 bits per heavy atom. The first-order valence-electron chi connectivity index (χ1n) is 6.54. The van der Waals surface area contributed by atoms with Crippen molar-refractivity contribution in [2.24, 2.45) is 5.84 Å². The van der Waals surface area contributed by atoms with Crippen molar-refractivity contribution in [1.29, 1.82) is 0 Å². The molecule has 0 aliphatic carbocycles. The minimum atomic E-state index is -0.414. The summed E-state index contributed by atoms with van der Waals surface area (Å²) in [5, 5.41) is 0. The molecule has 0 radical (unpaired) electrons. The highest BCUT2D eigenvalue weighted by Gasteiger charge is 2.19. The van der Waals surface area contributed by atoms with Crippen LogP contribution in [0.2, 0.25) is 0 Å². The van der Waals surface area contributed by atoms with Gasteiger partial charge in [0.1, 0.15) is 11.6 Å². The normalized spacial score (nSPS) is 12.3. The second-order valence-corrected chi connectivity index (χ2v) is 5.86. The summed E-state index contributed by atoms with van der Waals surface area (Å²) >= 11 is 3.26. The highest BCUT2D eigenvalue weighted by Crippen LogP contribution is 2.31. The zero-order valence-electron chi connectivity index (χ0n) is 12.2. The van der Waals surface area contributed by atoms with Crippen molar-refractivity contribution in [3.05, 3.63) is 62.9 Å². The van der Waals surface area contributed by atoms with Gasteiger partial charge in [-0.05, 0) is 48.7 Å². The Bertz CT molecular complexity index is 661. The third kappa shape index (κ3) is 3.26. The number of halogens is 2. The molecule has 0 spiro atoms. The summed E-state index contributed by atoms with van der Waals surface area (Å²) in [6.07, 6.45) is 0. The van der Waals surface area contributed by atoms with E-state index < -0.39 is 6.04 Å². The lowest BCUT2D eigenvalue weighted by molar-refractivity contribution is 0.411. The minimum Gasteiger partial charge on any atom is -0.496 e. The molecule has 0 amide bonds. The maximum absolute atomic E-state index is 14.2. The van der Waals surface area contributed by atoms with Crippen LogP contribution in [0.15, 0.2) is 34.8 Å². The Morgan fingerprint density at radius 3 is 2.43 bits per heavy atom. The zero-order valence-corrected chi connectivity index (χ0v) is 13.8. The summed E-state index contributed by atoms with van der Waals surface area (Å²) in [5.74, 6) is 6.18. The molecule has 112 valence electrons. The van der Waals surface area contributed by atoms with Crippen LogP contribution in [0, 0.1) is 19.7 Å². The van der Waals surface area contributed by atoms with Crippen LogP contribution in [0.5, 0.6) is 5.75 Å². The monoisotopic (exact) mass is 352 g/mol. The van der Waals surface area contributed by atoms with Gasteiger partial charge in [-0.25, -0.2) is 9.82 Å². The fourth-order valence-electron chi connectivity index (χ4n) is 2.43. The minimum absolute atomic E-state index is 0.305. The van der Waals surface area contributed by atoms with Crippen LogP contribution in [-0.4, -0.2) is 7.11 Å². The number of benzene rings is 2. The Hall–Kier alpha value is -1.43. The lowest BCUT2D eigenvalue weighted by Crippen LogP contribution is -2.30. The molecule has 3 nitrogen and oxygen atoms in total. The summed E-state index contributed by atoms with van der Waals surface area (Å²) in [7, 11) is 1.63. The molecule has 1 atom stereocenters. The van der Waals surface area contributed by atoms with Crippen LogP contribution in [0.1, 0.15) is 28.3 Å². The van der Waals surface area contributed by atoms with Crippen molar-refractivity contribution in [1.82, 2.24) is 5.43 Å². The van der Waals surface area contributed by atoms with Crippen LogP contribution in [0.3, 0.4) is 0 Å². The number of hydrogen-bond acceptors (Lipinski definition) is 3. The summed E-state index contributed by atoms with van der Waals surface area (Å²) in [4.78, 5) is 0. The van der Waals surface area contributed by atoms with Crippen molar-refractivity contribution >= 4 is 15.9 Å². The average Bonchev–Trinajstić information content (AvgIpc) is 2.45. The third-order valence-corrected chi connectivity index (χ3v) is 4.03. The molecular formula is C16H18BrFN2O. The number of ether oxygens (including phenoxy) is 1. The number of hydrazine groups is 1. The molecule has 0 fully saturated rings. The Morgan fingerprint density at radius 2 is 1.86 bits per heavy atom. The van der Waals surface area contributed by atoms with Crippen molar-refractivity contribution in [2.45, 2.75) is 19.9 Å². The van der Waals surface area contributed by atoms with Crippen LogP contribution in [-0.2, 0) is 0 Å². The Labute approximate surface area is 132 Å². The predicted octanol–water partition coefficient (Wildman–Crippen LogP) is 3.77. The van der Waals surface area contributed by atoms with E-state index in [4.69, 9.17) is 10.6 Å². The number of nitrogens with two attached hydrogens (primary N) is 1. The third-order valence-electron chi connectivity index (χ3n) is 3.53. The maximum Gasteiger partial charge on any atom is 0.129 e. The number of aryl methyl sites for hydroxylation is 2. The van der Waals surface area contributed by atoms with Crippen molar-refractivity contribution in [3.8, 4) is 5.75 Å². The van der Waals surface area contributed by atoms with Gasteiger partial charge in [0.2, 0.25) is 0 Å². The molecule has 0 aromatic heterocycles. The summed E-state index contributed by atoms with van der Waals surface area (Å²) in [6.45, 7) is 3.91. The molecule has 0 saturated heterocycles. The number of hydrogen-bond donors (Lipinski definition) is 2. The van der Waals surface area contributed by atoms with Gasteiger partial charge in [-0.15, -0.1) is 0 Å². The molecule has 0 aliphatic heterocycles. The van der Waals surface area contributed by atoms with Crippen LogP contribution in [0.25, 0.3) is 0 Å². The van der Waals surface area contributed by atoms with E-state index in [2.05, 4.69) is 21.4 Å². The molecule has 21 heavy (non-hydrogen) atoms. The van der Waals surface area contributed by atoms with Crippen molar-refractivity contribution < 1.29 is 9.13 Å². The molecule has 1 unspecified atom stereocenters. The van der Waals surface area contributed by atoms with E-state index in [0.29, 0.717) is 10.0 Å². The summed E-state index contributed by atoms with van der Waals surface area (Å²) in [6, 6.07) is 8.46. The first-order valence-corrected chi connectivity index (χ1v) is 7.33. The van der Waals surface area contributed by atoms with E-state index in [1.807, 2.05) is 26.0 Å². The van der Waals surface area contributed by atoms with E-state index in [1.54, 1.807) is 19.2 Å². The van der Waals surface area contributed by atoms with E-state index in [1.165, 1.54) is 6.07 Å². The van der Waals surface area contributed by atoms with E-state index >= 15 is 0 Å². The Balaban J connectivity index is 2.53. The van der Waals surface area contributed by atoms with E-state index in [9.17, 15) is 4.39 Å². The van der Waals surface area contributed by atoms with Gasteiger partial charge in [-0.1, -0.05) is 28.1 Å². The average molecular weight is 353 g/mol. The van der Waals surface area contributed by atoms with Crippen molar-refractivity contribution in [3.63, 3.8) is 0 Å². The quantitative estimate of drug-likeness (QED) is 0.650. The predicted molar refractivity (Wildman–Crippen MR) is 85.7 cm³/mol. The van der Waals surface area contributed by atoms with Crippen molar-refractivity contribution in [2.75, 3.05) is 7.11 Å². The standard InChI is InChI=1S/C16H18BrFN2O/c1-9-7-15(21-3)10(2)6-13(9)16(20-19)12-5-4-11(17)8-14(12)18/h4-8,16,20H,19H2,1-3H3. The molecule has 2 aromatic carbocycles. The fourth-order valence-corrected chi connectivity index (χ4v) is 2.76. The molecule has 5 heteroatoms. The Kier molecular flexibility index (Phi) is 4.98. The topological polar surface area (TPSA) is 47.3 Å². The summed E-state index contributed by atoms with van der Waals surface area (Å²) < 4.78 is 20.2. The van der Waals surface area contributed by atoms with Crippen LogP contribution in [0.4, 0.5) is 4.39 Å². The van der Waals surface area contributed by atoms with Crippen LogP contribution >= 0.6 is 15.9 Å². The van der Waals surface area contributed by atoms with Gasteiger partial charge in [0.25, 0.3) is 0 Å². The molecule has 0 bridgehead atoms. The molecule has 3 N–H and O–H groups in total. The van der Waals surface area contributed by atoms with E-state index in [-0.39, 0.29) is 5.82 Å². The van der Waals surface area contributed by atoms with E-state index in [0.717, 1.165) is 22.4 Å². The lowest BCUT2D eigenvalue weighted by Gasteiger charge is -2.21. The highest BCUT2D eigenvalue weighted by molar-refractivity contribution is 9.10. The molecule has 0 saturated carbocycles. The number of methoxy groups -OCH3 is 1. The molecule has 0 heterocycles. The summed E-state index contributed by atoms with van der Waals surface area (Å²) in [5.41, 5.74) is 6.11. The molecule has 2 rings (SSSR count). The first kappa shape index (κ1) is 15.9. The number of rotatable bonds is 4. The van der Waals surface area contributed by atoms with Gasteiger partial charge in [0.05, 0.1) is 13.2 Å². The lowest BCUT2D eigenvalue weighted by atomic mass is 9.93. The van der Waals surface area contributed by atoms with Crippen LogP contribution < -0.4 is 16.0 Å². The van der Waals surface area contributed by atoms with Gasteiger partial charge in [0, 0.05) is 10.0 Å². The largest absolute Gasteiger partial charge is 0.496 e. The zero-order chi connectivity index (χ0) is 15.6. The number of nitrogens with one attached hydrogen (secondary N) is 1. The smallest absolute Gasteiger partial charge is 0.129 e. The second kappa shape index (κ2) is 6.56. The van der Waals surface area contributed by atoms with Gasteiger partial charge < -0.3 is 4.74 Å². The molecule has 0 aliphatic rings. The van der Waals surface area contributed by atoms with Gasteiger partial charge in [-0.2, -0.15) is 0 Å². The fraction of sp³-hybridized carbons (Fsp3) is 0.250. The van der Waals surface area contributed by atoms with Gasteiger partial charge in [-0.3, -0.25) is 5.84 Å². The molecule has 2 aromatic rings. The maximum atomic E-state index is 14.2. The second-order valence-electron chi connectivity index (χ2n) is 4.94. The highest BCUT2D eigenvalue weighted by atomic mass is 79.9. The van der Waals surface area contributed by atoms with Gasteiger partial charge >= 0.3 is 0 Å². The SMILES string of the molecule is COc1cc(C)c(C(NN)c2ccc(Br)cc2F)cc1C. The molecular weight excluding hydrogens is 335 g/mol. The van der Waals surface area contributed by atoms with Gasteiger partial charge in [0.15, 0.2) is 0 Å². The first-order chi connectivity index (χ1) is 9.97.